The summed E-state index contributed by atoms with van der Waals surface area (Å²) in [5.41, 5.74) is 1.04. The molecule has 0 bridgehead atoms. The van der Waals surface area contributed by atoms with E-state index in [-0.39, 0.29) is 29.5 Å². The molecule has 4 heterocycles. The van der Waals surface area contributed by atoms with Gasteiger partial charge in [0.1, 0.15) is 23.9 Å². The Hall–Kier alpha value is -5.71. The number of nitrogens with zero attached hydrogens (tertiary/aromatic N) is 5. The second kappa shape index (κ2) is 11.8. The van der Waals surface area contributed by atoms with Gasteiger partial charge in [0.2, 0.25) is 0 Å². The molecule has 4 aromatic heterocycles. The monoisotopic (exact) mass is 608 g/mol. The molecule has 0 spiro atoms. The number of ketones is 1. The van der Waals surface area contributed by atoms with E-state index in [2.05, 4.69) is 5.10 Å². The average Bonchev–Trinajstić information content (AvgIpc) is 3.48. The molecule has 0 amide bonds. The zero-order chi connectivity index (χ0) is 31.8. The van der Waals surface area contributed by atoms with Crippen molar-refractivity contribution in [3.8, 4) is 28.3 Å². The third-order valence-electron chi connectivity index (χ3n) is 7.38. The molecule has 0 aliphatic rings. The van der Waals surface area contributed by atoms with Crippen LogP contribution in [0.2, 0.25) is 0 Å². The molecule has 45 heavy (non-hydrogen) atoms. The lowest BCUT2D eigenvalue weighted by Crippen LogP contribution is -2.42. The molecule has 2 aromatic carbocycles. The summed E-state index contributed by atoms with van der Waals surface area (Å²) in [7, 11) is 1.91. The van der Waals surface area contributed by atoms with Crippen molar-refractivity contribution in [3.63, 3.8) is 0 Å². The molecular weight excluding hydrogens is 580 g/mol. The SMILES string of the molecule is CC(C)n1cc(C(=O)Cc2ccc(Oc3cc(-c4ccc[n+](C)c4)cn4nccc34)c(F)c2)c(=O)n(-c2ccc(F)cc2)c1=O. The van der Waals surface area contributed by atoms with Gasteiger partial charge in [-0.1, -0.05) is 6.07 Å². The minimum absolute atomic E-state index is 0.0583. The molecule has 9 nitrogen and oxygen atoms in total. The molecule has 0 atom stereocenters. The van der Waals surface area contributed by atoms with Crippen LogP contribution in [0.4, 0.5) is 8.78 Å². The van der Waals surface area contributed by atoms with Crippen molar-refractivity contribution in [2.24, 2.45) is 7.05 Å². The number of carbonyl (C=O) groups excluding carboxylic acids is 1. The molecule has 0 fully saturated rings. The summed E-state index contributed by atoms with van der Waals surface area (Å²) in [4.78, 5) is 39.9. The summed E-state index contributed by atoms with van der Waals surface area (Å²) in [6, 6.07) is 16.0. The smallest absolute Gasteiger partial charge is 0.335 e. The Balaban J connectivity index is 1.30. The Labute approximate surface area is 255 Å². The highest BCUT2D eigenvalue weighted by Crippen LogP contribution is 2.32. The van der Waals surface area contributed by atoms with Crippen molar-refractivity contribution in [1.82, 2.24) is 18.7 Å². The third-order valence-corrected chi connectivity index (χ3v) is 7.38. The largest absolute Gasteiger partial charge is 0.452 e. The van der Waals surface area contributed by atoms with Crippen LogP contribution < -0.4 is 20.6 Å². The van der Waals surface area contributed by atoms with Gasteiger partial charge in [-0.05, 0) is 74.0 Å². The molecule has 0 N–H and O–H groups in total. The maximum absolute atomic E-state index is 15.4. The Bertz CT molecular complexity index is 2200. The van der Waals surface area contributed by atoms with E-state index in [4.69, 9.17) is 4.74 Å². The van der Waals surface area contributed by atoms with Crippen molar-refractivity contribution >= 4 is 11.3 Å². The Morgan fingerprint density at radius 2 is 1.73 bits per heavy atom. The van der Waals surface area contributed by atoms with Gasteiger partial charge in [-0.2, -0.15) is 5.10 Å². The summed E-state index contributed by atoms with van der Waals surface area (Å²) < 4.78 is 40.6. The summed E-state index contributed by atoms with van der Waals surface area (Å²) in [5.74, 6) is -1.52. The molecule has 6 aromatic rings. The number of aromatic nitrogens is 5. The van der Waals surface area contributed by atoms with Gasteiger partial charge in [-0.3, -0.25) is 14.2 Å². The average molecular weight is 609 g/mol. The first-order chi connectivity index (χ1) is 21.6. The lowest BCUT2D eigenvalue weighted by atomic mass is 10.0. The molecular formula is C34H28F2N5O4+. The van der Waals surface area contributed by atoms with E-state index in [0.717, 1.165) is 27.8 Å². The molecule has 11 heteroatoms. The van der Waals surface area contributed by atoms with Crippen LogP contribution in [-0.2, 0) is 13.5 Å². The van der Waals surface area contributed by atoms with Crippen LogP contribution >= 0.6 is 0 Å². The van der Waals surface area contributed by atoms with E-state index < -0.39 is 28.7 Å². The van der Waals surface area contributed by atoms with Gasteiger partial charge in [0.15, 0.2) is 35.5 Å². The minimum atomic E-state index is -0.842. The first-order valence-electron chi connectivity index (χ1n) is 14.2. The van der Waals surface area contributed by atoms with Gasteiger partial charge in [-0.15, -0.1) is 0 Å². The summed E-state index contributed by atoms with van der Waals surface area (Å²) in [5, 5.41) is 4.32. The van der Waals surface area contributed by atoms with E-state index in [9.17, 15) is 18.8 Å². The van der Waals surface area contributed by atoms with Gasteiger partial charge in [-0.25, -0.2) is 27.2 Å². The fourth-order valence-electron chi connectivity index (χ4n) is 5.08. The van der Waals surface area contributed by atoms with E-state index in [1.165, 1.54) is 35.0 Å². The normalized spacial score (nSPS) is 11.3. The van der Waals surface area contributed by atoms with Gasteiger partial charge in [0.25, 0.3) is 5.56 Å². The van der Waals surface area contributed by atoms with Crippen LogP contribution in [-0.4, -0.2) is 24.5 Å². The number of benzene rings is 2. The summed E-state index contributed by atoms with van der Waals surface area (Å²) in [6.45, 7) is 3.47. The Kier molecular flexibility index (Phi) is 7.67. The van der Waals surface area contributed by atoms with Crippen LogP contribution in [0.5, 0.6) is 11.5 Å². The van der Waals surface area contributed by atoms with Crippen LogP contribution in [0.3, 0.4) is 0 Å². The van der Waals surface area contributed by atoms with Crippen molar-refractivity contribution in [2.75, 3.05) is 0 Å². The van der Waals surface area contributed by atoms with Crippen molar-refractivity contribution in [3.05, 3.63) is 141 Å². The number of hydrogen-bond acceptors (Lipinski definition) is 5. The van der Waals surface area contributed by atoms with Crippen LogP contribution in [0.15, 0.2) is 107 Å². The molecule has 0 aliphatic heterocycles. The first-order valence-corrected chi connectivity index (χ1v) is 14.2. The summed E-state index contributed by atoms with van der Waals surface area (Å²) >= 11 is 0. The number of hydrogen-bond donors (Lipinski definition) is 0. The molecule has 0 radical (unpaired) electrons. The molecule has 0 unspecified atom stereocenters. The number of ether oxygens (including phenoxy) is 1. The highest BCUT2D eigenvalue weighted by atomic mass is 19.1. The number of halogens is 2. The quantitative estimate of drug-likeness (QED) is 0.175. The lowest BCUT2D eigenvalue weighted by Gasteiger charge is -2.15. The lowest BCUT2D eigenvalue weighted by molar-refractivity contribution is -0.671. The zero-order valence-electron chi connectivity index (χ0n) is 24.6. The number of fused-ring (bicyclic) bond motifs is 1. The molecule has 0 saturated carbocycles. The number of Topliss-reactive ketones (excluding diaryl/α,β-unsaturated/α-hetero) is 1. The van der Waals surface area contributed by atoms with E-state index >= 15 is 4.39 Å². The van der Waals surface area contributed by atoms with E-state index in [1.54, 1.807) is 42.8 Å². The van der Waals surface area contributed by atoms with Gasteiger partial charge >= 0.3 is 5.69 Å². The van der Waals surface area contributed by atoms with E-state index in [0.29, 0.717) is 16.8 Å². The summed E-state index contributed by atoms with van der Waals surface area (Å²) in [6.07, 6.45) is 8.25. The maximum atomic E-state index is 15.4. The van der Waals surface area contributed by atoms with Crippen molar-refractivity contribution in [1.29, 1.82) is 0 Å². The second-order valence-electron chi connectivity index (χ2n) is 10.9. The Morgan fingerprint density at radius 1 is 0.956 bits per heavy atom. The number of rotatable bonds is 8. The Morgan fingerprint density at radius 3 is 2.44 bits per heavy atom. The number of carbonyl (C=O) groups is 1. The molecule has 0 saturated heterocycles. The van der Waals surface area contributed by atoms with Crippen LogP contribution in [0.25, 0.3) is 22.3 Å². The van der Waals surface area contributed by atoms with E-state index in [1.807, 2.05) is 42.3 Å². The van der Waals surface area contributed by atoms with Crippen LogP contribution in [0.1, 0.15) is 35.8 Å². The number of aryl methyl sites for hydroxylation is 1. The topological polar surface area (TPSA) is 91.5 Å². The van der Waals surface area contributed by atoms with Crippen molar-refractivity contribution < 1.29 is 22.9 Å². The zero-order valence-corrected chi connectivity index (χ0v) is 24.6. The standard InChI is InChI=1S/C34H28F2N5O4/c1-21(2)39-20-27(33(43)41(34(39)44)26-9-7-25(35)8-10-26)30(42)16-22-6-11-31(28(36)15-22)45-32-17-24(19-40-29(32)12-13-37-40)23-5-4-14-38(3)18-23/h4-15,17-21H,16H2,1-3H3/q+1. The number of pyridine rings is 2. The highest BCUT2D eigenvalue weighted by Gasteiger charge is 2.21. The van der Waals surface area contributed by atoms with Crippen LogP contribution in [0, 0.1) is 11.6 Å². The fourth-order valence-corrected chi connectivity index (χ4v) is 5.08. The predicted molar refractivity (Wildman–Crippen MR) is 163 cm³/mol. The minimum Gasteiger partial charge on any atom is -0.452 e. The maximum Gasteiger partial charge on any atom is 0.335 e. The fraction of sp³-hybridized carbons (Fsp3) is 0.147. The van der Waals surface area contributed by atoms with Crippen molar-refractivity contribution in [2.45, 2.75) is 26.3 Å². The highest BCUT2D eigenvalue weighted by molar-refractivity contribution is 5.97. The second-order valence-corrected chi connectivity index (χ2v) is 10.9. The molecule has 226 valence electrons. The first kappa shape index (κ1) is 29.4. The predicted octanol–water partition coefficient (Wildman–Crippen LogP) is 5.22. The molecule has 0 aliphatic carbocycles. The van der Waals surface area contributed by atoms with Gasteiger partial charge in [0, 0.05) is 42.0 Å². The van der Waals surface area contributed by atoms with Gasteiger partial charge in [0.05, 0.1) is 11.9 Å². The molecule has 6 rings (SSSR count). The van der Waals surface area contributed by atoms with Gasteiger partial charge < -0.3 is 4.74 Å². The third kappa shape index (κ3) is 5.79.